The van der Waals surface area contributed by atoms with Gasteiger partial charge in [0.2, 0.25) is 0 Å². The van der Waals surface area contributed by atoms with E-state index < -0.39 is 23.6 Å². The fourth-order valence-electron chi connectivity index (χ4n) is 2.60. The number of nitrogens with one attached hydrogen (secondary N) is 1. The van der Waals surface area contributed by atoms with E-state index >= 15 is 0 Å². The number of carbonyl (C=O) groups is 1. The van der Waals surface area contributed by atoms with Gasteiger partial charge in [0.1, 0.15) is 29.0 Å². The van der Waals surface area contributed by atoms with Gasteiger partial charge in [0.05, 0.1) is 0 Å². The number of nitrogens with zero attached hydrogens (tertiary/aromatic N) is 1. The third kappa shape index (κ3) is 4.32. The lowest BCUT2D eigenvalue weighted by atomic mass is 10.0. The molecule has 0 aliphatic rings. The van der Waals surface area contributed by atoms with Crippen molar-refractivity contribution in [3.05, 3.63) is 76.0 Å². The monoisotopic (exact) mass is 392 g/mol. The van der Waals surface area contributed by atoms with Gasteiger partial charge in [-0.1, -0.05) is 28.9 Å². The first kappa shape index (κ1) is 19.0. The SMILES string of the molecule is CC(O)c1onc(-c2ccc(Cl)cc2)c1C(=O)NCc1cc(F)cc(F)c1. The molecule has 0 bridgehead atoms. The standard InChI is InChI=1S/C19H15ClF2N2O3/c1-10(25)18-16(17(24-27-18)12-2-4-13(20)5-3-12)19(26)23-9-11-6-14(21)8-15(22)7-11/h2-8,10,25H,9H2,1H3,(H,23,26). The highest BCUT2D eigenvalue weighted by molar-refractivity contribution is 6.30. The third-order valence-electron chi connectivity index (χ3n) is 3.82. The van der Waals surface area contributed by atoms with Crippen molar-refractivity contribution in [1.82, 2.24) is 10.5 Å². The van der Waals surface area contributed by atoms with Gasteiger partial charge in [-0.2, -0.15) is 0 Å². The molecular weight excluding hydrogens is 378 g/mol. The molecule has 8 heteroatoms. The summed E-state index contributed by atoms with van der Waals surface area (Å²) in [5, 5.41) is 16.8. The lowest BCUT2D eigenvalue weighted by molar-refractivity contribution is 0.0938. The molecule has 1 atom stereocenters. The van der Waals surface area contributed by atoms with Gasteiger partial charge in [0.25, 0.3) is 5.91 Å². The normalized spacial score (nSPS) is 12.0. The van der Waals surface area contributed by atoms with Crippen LogP contribution in [0.2, 0.25) is 5.02 Å². The molecule has 0 radical (unpaired) electrons. The highest BCUT2D eigenvalue weighted by Crippen LogP contribution is 2.30. The molecule has 5 nitrogen and oxygen atoms in total. The van der Waals surface area contributed by atoms with Gasteiger partial charge in [-0.25, -0.2) is 8.78 Å². The van der Waals surface area contributed by atoms with Gasteiger partial charge in [0, 0.05) is 23.2 Å². The molecular formula is C19H15ClF2N2O3. The molecule has 1 amide bonds. The summed E-state index contributed by atoms with van der Waals surface area (Å²) in [5.74, 6) is -2.09. The van der Waals surface area contributed by atoms with E-state index in [-0.39, 0.29) is 29.1 Å². The number of aliphatic hydroxyl groups excluding tert-OH is 1. The number of aromatic nitrogens is 1. The molecule has 27 heavy (non-hydrogen) atoms. The van der Waals surface area contributed by atoms with Crippen LogP contribution in [0.3, 0.4) is 0 Å². The zero-order valence-electron chi connectivity index (χ0n) is 14.2. The van der Waals surface area contributed by atoms with Crippen LogP contribution in [0.5, 0.6) is 0 Å². The predicted octanol–water partition coefficient (Wildman–Crippen LogP) is 4.26. The maximum atomic E-state index is 13.3. The number of halogens is 3. The second-order valence-corrected chi connectivity index (χ2v) is 6.35. The summed E-state index contributed by atoms with van der Waals surface area (Å²) >= 11 is 5.88. The van der Waals surface area contributed by atoms with E-state index in [1.54, 1.807) is 24.3 Å². The van der Waals surface area contributed by atoms with E-state index in [9.17, 15) is 18.7 Å². The number of rotatable bonds is 5. The smallest absolute Gasteiger partial charge is 0.257 e. The molecule has 0 saturated carbocycles. The molecule has 2 aromatic carbocycles. The van der Waals surface area contributed by atoms with Gasteiger partial charge in [0.15, 0.2) is 5.76 Å². The topological polar surface area (TPSA) is 75.4 Å². The average molecular weight is 393 g/mol. The Balaban J connectivity index is 1.90. The van der Waals surface area contributed by atoms with Crippen molar-refractivity contribution in [2.75, 3.05) is 0 Å². The minimum Gasteiger partial charge on any atom is -0.385 e. The molecule has 2 N–H and O–H groups in total. The van der Waals surface area contributed by atoms with Crippen molar-refractivity contribution in [3.8, 4) is 11.3 Å². The van der Waals surface area contributed by atoms with Crippen molar-refractivity contribution >= 4 is 17.5 Å². The number of benzene rings is 2. The zero-order chi connectivity index (χ0) is 19.6. The van der Waals surface area contributed by atoms with E-state index in [0.717, 1.165) is 18.2 Å². The van der Waals surface area contributed by atoms with Crippen LogP contribution in [0.25, 0.3) is 11.3 Å². The maximum absolute atomic E-state index is 13.3. The lowest BCUT2D eigenvalue weighted by Gasteiger charge is -2.08. The Hall–Kier alpha value is -2.77. The van der Waals surface area contributed by atoms with Crippen LogP contribution in [0.1, 0.15) is 34.7 Å². The number of amides is 1. The second kappa shape index (κ2) is 7.85. The highest BCUT2D eigenvalue weighted by atomic mass is 35.5. The third-order valence-corrected chi connectivity index (χ3v) is 4.07. The maximum Gasteiger partial charge on any atom is 0.257 e. The largest absolute Gasteiger partial charge is 0.385 e. The minimum atomic E-state index is -1.08. The number of aliphatic hydroxyl groups is 1. The number of hydrogen-bond donors (Lipinski definition) is 2. The molecule has 0 spiro atoms. The fraction of sp³-hybridized carbons (Fsp3) is 0.158. The van der Waals surface area contributed by atoms with E-state index in [2.05, 4.69) is 10.5 Å². The summed E-state index contributed by atoms with van der Waals surface area (Å²) in [6.45, 7) is 1.32. The molecule has 3 aromatic rings. The number of hydrogen-bond acceptors (Lipinski definition) is 4. The summed E-state index contributed by atoms with van der Waals surface area (Å²) in [7, 11) is 0. The summed E-state index contributed by atoms with van der Waals surface area (Å²) in [5.41, 5.74) is 1.09. The fourth-order valence-corrected chi connectivity index (χ4v) is 2.72. The first-order chi connectivity index (χ1) is 12.8. The molecule has 0 fully saturated rings. The molecule has 3 rings (SSSR count). The quantitative estimate of drug-likeness (QED) is 0.680. The lowest BCUT2D eigenvalue weighted by Crippen LogP contribution is -2.24. The van der Waals surface area contributed by atoms with Gasteiger partial charge in [-0.15, -0.1) is 0 Å². The Labute approximate surface area is 158 Å². The average Bonchev–Trinajstić information content (AvgIpc) is 3.05. The zero-order valence-corrected chi connectivity index (χ0v) is 14.9. The van der Waals surface area contributed by atoms with Crippen molar-refractivity contribution in [3.63, 3.8) is 0 Å². The molecule has 1 aromatic heterocycles. The van der Waals surface area contributed by atoms with Crippen LogP contribution in [-0.4, -0.2) is 16.2 Å². The Morgan fingerprint density at radius 2 is 1.85 bits per heavy atom. The summed E-state index contributed by atoms with van der Waals surface area (Å²) < 4.78 is 31.7. The van der Waals surface area contributed by atoms with Crippen molar-refractivity contribution < 1.29 is 23.2 Å². The van der Waals surface area contributed by atoms with Crippen LogP contribution in [0.4, 0.5) is 8.78 Å². The Bertz CT molecular complexity index is 951. The van der Waals surface area contributed by atoms with E-state index in [4.69, 9.17) is 16.1 Å². The predicted molar refractivity (Wildman–Crippen MR) is 95.1 cm³/mol. The van der Waals surface area contributed by atoms with Crippen molar-refractivity contribution in [2.45, 2.75) is 19.6 Å². The first-order valence-electron chi connectivity index (χ1n) is 8.02. The number of carbonyl (C=O) groups excluding carboxylic acids is 1. The molecule has 1 heterocycles. The van der Waals surface area contributed by atoms with Gasteiger partial charge < -0.3 is 14.9 Å². The van der Waals surface area contributed by atoms with E-state index in [0.29, 0.717) is 10.6 Å². The Kier molecular flexibility index (Phi) is 5.53. The Morgan fingerprint density at radius 1 is 1.22 bits per heavy atom. The van der Waals surface area contributed by atoms with E-state index in [1.807, 2.05) is 0 Å². The van der Waals surface area contributed by atoms with Gasteiger partial charge in [-0.3, -0.25) is 4.79 Å². The van der Waals surface area contributed by atoms with E-state index in [1.165, 1.54) is 6.92 Å². The highest BCUT2D eigenvalue weighted by Gasteiger charge is 2.26. The molecule has 140 valence electrons. The minimum absolute atomic E-state index is 0.0112. The van der Waals surface area contributed by atoms with Crippen LogP contribution < -0.4 is 5.32 Å². The molecule has 0 aliphatic heterocycles. The molecule has 0 saturated heterocycles. The van der Waals surface area contributed by atoms with Crippen LogP contribution >= 0.6 is 11.6 Å². The van der Waals surface area contributed by atoms with Crippen LogP contribution in [0.15, 0.2) is 47.0 Å². The second-order valence-electron chi connectivity index (χ2n) is 5.91. The summed E-state index contributed by atoms with van der Waals surface area (Å²) in [6.07, 6.45) is -1.08. The van der Waals surface area contributed by atoms with Crippen LogP contribution in [-0.2, 0) is 6.54 Å². The first-order valence-corrected chi connectivity index (χ1v) is 8.39. The molecule has 0 aliphatic carbocycles. The van der Waals surface area contributed by atoms with Gasteiger partial charge in [-0.05, 0) is 36.8 Å². The van der Waals surface area contributed by atoms with Crippen LogP contribution in [0, 0.1) is 11.6 Å². The van der Waals surface area contributed by atoms with Crippen molar-refractivity contribution in [1.29, 1.82) is 0 Å². The Morgan fingerprint density at radius 3 is 2.44 bits per heavy atom. The molecule has 1 unspecified atom stereocenters. The van der Waals surface area contributed by atoms with Crippen molar-refractivity contribution in [2.24, 2.45) is 0 Å². The summed E-state index contributed by atoms with van der Waals surface area (Å²) in [4.78, 5) is 12.7. The van der Waals surface area contributed by atoms with Gasteiger partial charge >= 0.3 is 0 Å². The summed E-state index contributed by atoms with van der Waals surface area (Å²) in [6, 6.07) is 9.56.